The van der Waals surface area contributed by atoms with Gasteiger partial charge in [-0.2, -0.15) is 4.98 Å². The molecule has 0 spiro atoms. The summed E-state index contributed by atoms with van der Waals surface area (Å²) in [5.41, 5.74) is 7.04. The second-order valence-electron chi connectivity index (χ2n) is 5.63. The second kappa shape index (κ2) is 5.81. The first-order chi connectivity index (χ1) is 10.2. The molecule has 1 aliphatic rings. The molecule has 0 saturated carbocycles. The Morgan fingerprint density at radius 1 is 1.38 bits per heavy atom. The zero-order valence-electron chi connectivity index (χ0n) is 12.1. The highest BCUT2D eigenvalue weighted by atomic mass is 19.1. The van der Waals surface area contributed by atoms with Crippen molar-refractivity contribution < 1.29 is 4.39 Å². The summed E-state index contributed by atoms with van der Waals surface area (Å²) in [6.07, 6.45) is 2.11. The van der Waals surface area contributed by atoms with E-state index in [0.29, 0.717) is 23.3 Å². The molecule has 3 N–H and O–H groups in total. The van der Waals surface area contributed by atoms with E-state index < -0.39 is 0 Å². The van der Waals surface area contributed by atoms with Crippen LogP contribution in [0.2, 0.25) is 0 Å². The quantitative estimate of drug-likeness (QED) is 0.907. The van der Waals surface area contributed by atoms with Gasteiger partial charge < -0.3 is 10.6 Å². The molecule has 0 radical (unpaired) electrons. The Balaban J connectivity index is 1.77. The van der Waals surface area contributed by atoms with Crippen LogP contribution in [0.25, 0.3) is 11.4 Å². The lowest BCUT2D eigenvalue weighted by Gasteiger charge is -2.30. The number of hydrogen-bond donors (Lipinski definition) is 2. The van der Waals surface area contributed by atoms with Gasteiger partial charge in [-0.15, -0.1) is 5.10 Å². The minimum atomic E-state index is -0.278. The fourth-order valence-electron chi connectivity index (χ4n) is 2.70. The maximum absolute atomic E-state index is 14.0. The lowest BCUT2D eigenvalue weighted by Crippen LogP contribution is -2.36. The predicted molar refractivity (Wildman–Crippen MR) is 80.5 cm³/mol. The van der Waals surface area contributed by atoms with Crippen LogP contribution < -0.4 is 10.6 Å². The van der Waals surface area contributed by atoms with Gasteiger partial charge in [0.15, 0.2) is 5.82 Å². The van der Waals surface area contributed by atoms with Gasteiger partial charge in [-0.05, 0) is 49.9 Å². The third-order valence-corrected chi connectivity index (χ3v) is 4.08. The fraction of sp³-hybridized carbons (Fsp3) is 0.467. The van der Waals surface area contributed by atoms with E-state index in [-0.39, 0.29) is 5.82 Å². The number of halogens is 1. The summed E-state index contributed by atoms with van der Waals surface area (Å²) in [7, 11) is 0. The fourth-order valence-corrected chi connectivity index (χ4v) is 2.70. The largest absolute Gasteiger partial charge is 0.340 e. The molecule has 5 nitrogen and oxygen atoms in total. The number of anilines is 1. The topological polar surface area (TPSA) is 70.8 Å². The van der Waals surface area contributed by atoms with Crippen molar-refractivity contribution in [1.29, 1.82) is 0 Å². The van der Waals surface area contributed by atoms with Crippen molar-refractivity contribution in [2.24, 2.45) is 11.7 Å². The first-order valence-corrected chi connectivity index (χ1v) is 7.31. The minimum Gasteiger partial charge on any atom is -0.340 e. The van der Waals surface area contributed by atoms with Crippen LogP contribution >= 0.6 is 0 Å². The van der Waals surface area contributed by atoms with Gasteiger partial charge in [-0.3, -0.25) is 5.10 Å². The van der Waals surface area contributed by atoms with Gasteiger partial charge in [0.05, 0.1) is 5.56 Å². The normalized spacial score (nSPS) is 16.4. The molecule has 0 amide bonds. The van der Waals surface area contributed by atoms with Crippen LogP contribution in [0.5, 0.6) is 0 Å². The molecule has 1 aromatic heterocycles. The molecule has 0 unspecified atom stereocenters. The summed E-state index contributed by atoms with van der Waals surface area (Å²) >= 11 is 0. The second-order valence-corrected chi connectivity index (χ2v) is 5.63. The van der Waals surface area contributed by atoms with E-state index in [1.807, 2.05) is 13.0 Å². The van der Waals surface area contributed by atoms with Crippen molar-refractivity contribution in [1.82, 2.24) is 15.2 Å². The number of aromatic amines is 1. The molecule has 6 heteroatoms. The number of aryl methyl sites for hydroxylation is 1. The van der Waals surface area contributed by atoms with Gasteiger partial charge in [0.25, 0.3) is 0 Å². The Morgan fingerprint density at radius 3 is 2.81 bits per heavy atom. The van der Waals surface area contributed by atoms with Crippen LogP contribution in [0, 0.1) is 18.7 Å². The molecule has 0 aliphatic carbocycles. The number of nitrogens with two attached hydrogens (primary N) is 1. The van der Waals surface area contributed by atoms with Crippen molar-refractivity contribution in [3.63, 3.8) is 0 Å². The SMILES string of the molecule is Cc1ccc(-c2nc(N3CCC(CN)CC3)n[nH]2)c(F)c1. The van der Waals surface area contributed by atoms with E-state index in [0.717, 1.165) is 38.0 Å². The molecule has 1 aliphatic heterocycles. The Kier molecular flexibility index (Phi) is 3.88. The lowest BCUT2D eigenvalue weighted by molar-refractivity contribution is 0.411. The molecule has 21 heavy (non-hydrogen) atoms. The van der Waals surface area contributed by atoms with E-state index in [4.69, 9.17) is 5.73 Å². The summed E-state index contributed by atoms with van der Waals surface area (Å²) in [5, 5.41) is 7.06. The molecular weight excluding hydrogens is 269 g/mol. The molecule has 112 valence electrons. The highest BCUT2D eigenvalue weighted by Gasteiger charge is 2.21. The van der Waals surface area contributed by atoms with E-state index in [1.165, 1.54) is 6.07 Å². The third-order valence-electron chi connectivity index (χ3n) is 4.08. The number of nitrogens with one attached hydrogen (secondary N) is 1. The maximum Gasteiger partial charge on any atom is 0.245 e. The number of rotatable bonds is 3. The zero-order valence-corrected chi connectivity index (χ0v) is 12.1. The molecule has 2 heterocycles. The first kappa shape index (κ1) is 14.0. The van der Waals surface area contributed by atoms with Crippen molar-refractivity contribution in [3.8, 4) is 11.4 Å². The number of H-pyrrole nitrogens is 1. The number of benzene rings is 1. The number of nitrogens with zero attached hydrogens (tertiary/aromatic N) is 3. The molecule has 0 bridgehead atoms. The van der Waals surface area contributed by atoms with Crippen LogP contribution in [-0.2, 0) is 0 Å². The highest BCUT2D eigenvalue weighted by molar-refractivity contribution is 5.57. The average molecular weight is 289 g/mol. The van der Waals surface area contributed by atoms with Crippen molar-refractivity contribution >= 4 is 5.95 Å². The standard InChI is InChI=1S/C15H20FN5/c1-10-2-3-12(13(16)8-10)14-18-15(20-19-14)21-6-4-11(9-17)5-7-21/h2-3,8,11H,4-7,9,17H2,1H3,(H,18,19,20). The third kappa shape index (κ3) is 2.90. The zero-order chi connectivity index (χ0) is 14.8. The smallest absolute Gasteiger partial charge is 0.245 e. The van der Waals surface area contributed by atoms with E-state index in [1.54, 1.807) is 6.07 Å². The molecule has 2 aromatic rings. The summed E-state index contributed by atoms with van der Waals surface area (Å²) in [6.45, 7) is 4.40. The Bertz CT molecular complexity index is 616. The molecule has 1 fully saturated rings. The van der Waals surface area contributed by atoms with Crippen LogP contribution in [0.15, 0.2) is 18.2 Å². The monoisotopic (exact) mass is 289 g/mol. The van der Waals surface area contributed by atoms with Gasteiger partial charge in [-0.25, -0.2) is 4.39 Å². The summed E-state index contributed by atoms with van der Waals surface area (Å²) < 4.78 is 14.0. The Labute approximate surface area is 123 Å². The molecule has 3 rings (SSSR count). The van der Waals surface area contributed by atoms with Gasteiger partial charge in [-0.1, -0.05) is 6.07 Å². The van der Waals surface area contributed by atoms with Crippen molar-refractivity contribution in [2.45, 2.75) is 19.8 Å². The Morgan fingerprint density at radius 2 is 2.14 bits per heavy atom. The lowest BCUT2D eigenvalue weighted by atomic mass is 9.97. The van der Waals surface area contributed by atoms with Crippen LogP contribution in [0.4, 0.5) is 10.3 Å². The average Bonchev–Trinajstić information content (AvgIpc) is 2.97. The van der Waals surface area contributed by atoms with E-state index >= 15 is 0 Å². The maximum atomic E-state index is 14.0. The minimum absolute atomic E-state index is 0.278. The molecular formula is C15H20FN5. The van der Waals surface area contributed by atoms with Crippen LogP contribution in [0.1, 0.15) is 18.4 Å². The molecule has 1 aromatic carbocycles. The molecule has 0 atom stereocenters. The van der Waals surface area contributed by atoms with Gasteiger partial charge in [0.2, 0.25) is 5.95 Å². The van der Waals surface area contributed by atoms with E-state index in [2.05, 4.69) is 20.1 Å². The van der Waals surface area contributed by atoms with Crippen molar-refractivity contribution in [2.75, 3.05) is 24.5 Å². The van der Waals surface area contributed by atoms with E-state index in [9.17, 15) is 4.39 Å². The van der Waals surface area contributed by atoms with Crippen LogP contribution in [0.3, 0.4) is 0 Å². The summed E-state index contributed by atoms with van der Waals surface area (Å²) in [4.78, 5) is 6.56. The number of piperidine rings is 1. The van der Waals surface area contributed by atoms with Gasteiger partial charge >= 0.3 is 0 Å². The molecule has 1 saturated heterocycles. The first-order valence-electron chi connectivity index (χ1n) is 7.31. The van der Waals surface area contributed by atoms with Crippen LogP contribution in [-0.4, -0.2) is 34.8 Å². The van der Waals surface area contributed by atoms with Crippen molar-refractivity contribution in [3.05, 3.63) is 29.6 Å². The number of aromatic nitrogens is 3. The van der Waals surface area contributed by atoms with Gasteiger partial charge in [0, 0.05) is 13.1 Å². The summed E-state index contributed by atoms with van der Waals surface area (Å²) in [5.74, 6) is 1.43. The summed E-state index contributed by atoms with van der Waals surface area (Å²) in [6, 6.07) is 5.10. The predicted octanol–water partition coefficient (Wildman–Crippen LogP) is 2.09. The Hall–Kier alpha value is -1.95. The van der Waals surface area contributed by atoms with Gasteiger partial charge in [0.1, 0.15) is 5.82 Å². The number of hydrogen-bond acceptors (Lipinski definition) is 4. The highest BCUT2D eigenvalue weighted by Crippen LogP contribution is 2.24.